The second-order valence-electron chi connectivity index (χ2n) is 5.58. The normalized spacial score (nSPS) is 34.0. The molecular formula is C12H18N4O5. The quantitative estimate of drug-likeness (QED) is 0.621. The monoisotopic (exact) mass is 298 g/mol. The number of hydrogen-bond acceptors (Lipinski definition) is 8. The summed E-state index contributed by atoms with van der Waals surface area (Å²) in [6.07, 6.45) is -1.02. The van der Waals surface area contributed by atoms with Crippen LogP contribution in [0.15, 0.2) is 11.0 Å². The van der Waals surface area contributed by atoms with Crippen molar-refractivity contribution in [1.29, 1.82) is 0 Å². The van der Waals surface area contributed by atoms with E-state index >= 15 is 0 Å². The molecule has 3 heterocycles. The predicted molar refractivity (Wildman–Crippen MR) is 72.1 cm³/mol. The average molecular weight is 298 g/mol. The average Bonchev–Trinajstić information content (AvgIpc) is 2.87. The minimum atomic E-state index is -0.818. The van der Waals surface area contributed by atoms with Gasteiger partial charge in [-0.3, -0.25) is 4.57 Å². The van der Waals surface area contributed by atoms with Crippen molar-refractivity contribution in [2.24, 2.45) is 0 Å². The largest absolute Gasteiger partial charge is 0.395 e. The summed E-state index contributed by atoms with van der Waals surface area (Å²) in [6.45, 7) is 3.27. The van der Waals surface area contributed by atoms with E-state index in [-0.39, 0.29) is 18.1 Å². The molecule has 3 rings (SSSR count). The lowest BCUT2D eigenvalue weighted by Crippen LogP contribution is -2.35. The summed E-state index contributed by atoms with van der Waals surface area (Å²) >= 11 is 0. The van der Waals surface area contributed by atoms with Crippen molar-refractivity contribution in [3.05, 3.63) is 16.7 Å². The van der Waals surface area contributed by atoms with E-state index in [2.05, 4.69) is 4.98 Å². The summed E-state index contributed by atoms with van der Waals surface area (Å²) in [7, 11) is 0. The van der Waals surface area contributed by atoms with Gasteiger partial charge in [0.15, 0.2) is 17.8 Å². The molecule has 0 unspecified atom stereocenters. The SMILES string of the molecule is CC1(C)O[C@@H]2[C@H](O1)[C@@H](CO)O[C@H]2n1cc(N)c(N)nc1=O. The van der Waals surface area contributed by atoms with Crippen LogP contribution in [0.3, 0.4) is 0 Å². The van der Waals surface area contributed by atoms with Crippen molar-refractivity contribution in [3.63, 3.8) is 0 Å². The Kier molecular flexibility index (Phi) is 3.17. The van der Waals surface area contributed by atoms with Crippen LogP contribution in [0.5, 0.6) is 0 Å². The molecule has 0 radical (unpaired) electrons. The molecule has 116 valence electrons. The maximum Gasteiger partial charge on any atom is 0.351 e. The lowest BCUT2D eigenvalue weighted by molar-refractivity contribution is -0.200. The summed E-state index contributed by atoms with van der Waals surface area (Å²) in [5.41, 5.74) is 10.8. The van der Waals surface area contributed by atoms with E-state index in [9.17, 15) is 9.90 Å². The van der Waals surface area contributed by atoms with Crippen molar-refractivity contribution >= 4 is 11.5 Å². The number of nitrogen functional groups attached to an aromatic ring is 2. The molecule has 2 saturated heterocycles. The maximum absolute atomic E-state index is 12.0. The van der Waals surface area contributed by atoms with Gasteiger partial charge in [-0.2, -0.15) is 4.98 Å². The predicted octanol–water partition coefficient (Wildman–Crippen LogP) is -1.18. The summed E-state index contributed by atoms with van der Waals surface area (Å²) in [4.78, 5) is 15.6. The fraction of sp³-hybridized carbons (Fsp3) is 0.667. The van der Waals surface area contributed by atoms with E-state index in [0.29, 0.717) is 0 Å². The molecule has 5 N–H and O–H groups in total. The highest BCUT2D eigenvalue weighted by atomic mass is 16.8. The fourth-order valence-corrected chi connectivity index (χ4v) is 2.71. The standard InChI is InChI=1S/C12H18N4O5/c1-12(2)20-7-6(4-17)19-10(8(7)21-12)16-3-5(13)9(14)15-11(16)18/h3,6-8,10,17H,4,13H2,1-2H3,(H2,14,15,18)/t6-,7-,8-,10-/m1/s1. The summed E-state index contributed by atoms with van der Waals surface area (Å²) in [6, 6.07) is 0. The fourth-order valence-electron chi connectivity index (χ4n) is 2.71. The molecular weight excluding hydrogens is 280 g/mol. The zero-order valence-electron chi connectivity index (χ0n) is 11.7. The van der Waals surface area contributed by atoms with Crippen LogP contribution in [0.2, 0.25) is 0 Å². The van der Waals surface area contributed by atoms with Crippen LogP contribution in [0.4, 0.5) is 11.5 Å². The van der Waals surface area contributed by atoms with Crippen LogP contribution in [0.25, 0.3) is 0 Å². The minimum absolute atomic E-state index is 0.0339. The van der Waals surface area contributed by atoms with Crippen LogP contribution in [-0.4, -0.2) is 45.4 Å². The number of rotatable bonds is 2. The topological polar surface area (TPSA) is 135 Å². The Hall–Kier alpha value is -1.68. The third kappa shape index (κ3) is 2.27. The number of aliphatic hydroxyl groups excluding tert-OH is 1. The molecule has 2 aliphatic heterocycles. The zero-order valence-corrected chi connectivity index (χ0v) is 11.7. The lowest BCUT2D eigenvalue weighted by Gasteiger charge is -2.24. The first kappa shape index (κ1) is 14.3. The molecule has 0 spiro atoms. The summed E-state index contributed by atoms with van der Waals surface area (Å²) < 4.78 is 18.4. The number of aromatic nitrogens is 2. The number of hydrogen-bond donors (Lipinski definition) is 3. The number of anilines is 2. The summed E-state index contributed by atoms with van der Waals surface area (Å²) in [5.74, 6) is -0.852. The van der Waals surface area contributed by atoms with E-state index in [1.165, 1.54) is 10.8 Å². The minimum Gasteiger partial charge on any atom is -0.395 e. The Morgan fingerprint density at radius 2 is 2.05 bits per heavy atom. The van der Waals surface area contributed by atoms with Gasteiger partial charge in [-0.1, -0.05) is 0 Å². The molecule has 1 aromatic rings. The van der Waals surface area contributed by atoms with E-state index < -0.39 is 36.0 Å². The Balaban J connectivity index is 1.99. The third-order valence-corrected chi connectivity index (χ3v) is 3.59. The Morgan fingerprint density at radius 1 is 1.38 bits per heavy atom. The van der Waals surface area contributed by atoms with Crippen LogP contribution in [0.1, 0.15) is 20.1 Å². The molecule has 0 aliphatic carbocycles. The van der Waals surface area contributed by atoms with Crippen molar-refractivity contribution in [1.82, 2.24) is 9.55 Å². The first-order valence-electron chi connectivity index (χ1n) is 6.58. The van der Waals surface area contributed by atoms with Gasteiger partial charge in [-0.05, 0) is 13.8 Å². The molecule has 0 saturated carbocycles. The van der Waals surface area contributed by atoms with E-state index in [0.717, 1.165) is 0 Å². The number of nitrogens with two attached hydrogens (primary N) is 2. The van der Waals surface area contributed by atoms with Gasteiger partial charge in [0.05, 0.1) is 12.3 Å². The molecule has 0 amide bonds. The molecule has 0 aromatic carbocycles. The van der Waals surface area contributed by atoms with Gasteiger partial charge in [-0.25, -0.2) is 4.79 Å². The van der Waals surface area contributed by atoms with Gasteiger partial charge in [0.1, 0.15) is 18.3 Å². The number of ether oxygens (including phenoxy) is 3. The summed E-state index contributed by atoms with van der Waals surface area (Å²) in [5, 5.41) is 9.41. The van der Waals surface area contributed by atoms with Crippen molar-refractivity contribution < 1.29 is 19.3 Å². The third-order valence-electron chi connectivity index (χ3n) is 3.59. The molecule has 0 bridgehead atoms. The van der Waals surface area contributed by atoms with Crippen molar-refractivity contribution in [3.8, 4) is 0 Å². The van der Waals surface area contributed by atoms with Gasteiger partial charge < -0.3 is 30.8 Å². The van der Waals surface area contributed by atoms with Crippen LogP contribution in [-0.2, 0) is 14.2 Å². The van der Waals surface area contributed by atoms with Gasteiger partial charge in [-0.15, -0.1) is 0 Å². The number of fused-ring (bicyclic) bond motifs is 1. The Morgan fingerprint density at radius 3 is 2.71 bits per heavy atom. The van der Waals surface area contributed by atoms with Gasteiger partial charge in [0.25, 0.3) is 0 Å². The first-order valence-corrected chi connectivity index (χ1v) is 6.58. The number of nitrogens with zero attached hydrogens (tertiary/aromatic N) is 2. The highest BCUT2D eigenvalue weighted by Crippen LogP contribution is 2.42. The highest BCUT2D eigenvalue weighted by Gasteiger charge is 2.55. The van der Waals surface area contributed by atoms with Gasteiger partial charge >= 0.3 is 5.69 Å². The van der Waals surface area contributed by atoms with Crippen LogP contribution in [0, 0.1) is 0 Å². The smallest absolute Gasteiger partial charge is 0.351 e. The van der Waals surface area contributed by atoms with E-state index in [4.69, 9.17) is 25.7 Å². The highest BCUT2D eigenvalue weighted by molar-refractivity contribution is 5.55. The first-order chi connectivity index (χ1) is 9.82. The molecule has 9 heteroatoms. The maximum atomic E-state index is 12.0. The molecule has 9 nitrogen and oxygen atoms in total. The van der Waals surface area contributed by atoms with Gasteiger partial charge in [0.2, 0.25) is 0 Å². The van der Waals surface area contributed by atoms with Crippen LogP contribution >= 0.6 is 0 Å². The molecule has 2 fully saturated rings. The zero-order chi connectivity index (χ0) is 15.4. The Labute approximate surface area is 120 Å². The van der Waals surface area contributed by atoms with Crippen molar-refractivity contribution in [2.75, 3.05) is 18.1 Å². The van der Waals surface area contributed by atoms with Gasteiger partial charge in [0, 0.05) is 6.20 Å². The van der Waals surface area contributed by atoms with E-state index in [1.807, 2.05) is 0 Å². The molecule has 2 aliphatic rings. The van der Waals surface area contributed by atoms with Crippen LogP contribution < -0.4 is 17.2 Å². The van der Waals surface area contributed by atoms with Crippen molar-refractivity contribution in [2.45, 2.75) is 44.2 Å². The molecule has 4 atom stereocenters. The second-order valence-corrected chi connectivity index (χ2v) is 5.58. The second kappa shape index (κ2) is 4.67. The molecule has 21 heavy (non-hydrogen) atoms. The molecule has 1 aromatic heterocycles. The van der Waals surface area contributed by atoms with E-state index in [1.54, 1.807) is 13.8 Å². The lowest BCUT2D eigenvalue weighted by atomic mass is 10.1. The Bertz CT molecular complexity index is 616. The number of aliphatic hydroxyl groups is 1.